The van der Waals surface area contributed by atoms with Crippen LogP contribution >= 0.6 is 0 Å². The normalized spacial score (nSPS) is 10.5. The van der Waals surface area contributed by atoms with Gasteiger partial charge in [-0.1, -0.05) is 26.8 Å². The van der Waals surface area contributed by atoms with Crippen molar-refractivity contribution >= 4 is 23.2 Å². The van der Waals surface area contributed by atoms with Crippen LogP contribution in [-0.4, -0.2) is 36.3 Å². The van der Waals surface area contributed by atoms with Crippen LogP contribution in [0.4, 0.5) is 11.4 Å². The van der Waals surface area contributed by atoms with Crippen molar-refractivity contribution in [3.63, 3.8) is 0 Å². The first-order valence-corrected chi connectivity index (χ1v) is 8.01. The molecule has 1 aromatic rings. The second-order valence-electron chi connectivity index (χ2n) is 5.31. The third-order valence-electron chi connectivity index (χ3n) is 3.20. The summed E-state index contributed by atoms with van der Waals surface area (Å²) in [5.41, 5.74) is 1.40. The molecule has 1 rings (SSSR count). The molecule has 0 atom stereocenters. The van der Waals surface area contributed by atoms with Gasteiger partial charge in [0.25, 0.3) is 0 Å². The van der Waals surface area contributed by atoms with E-state index in [9.17, 15) is 9.59 Å². The maximum absolute atomic E-state index is 12.1. The van der Waals surface area contributed by atoms with Gasteiger partial charge in [-0.15, -0.1) is 0 Å². The number of benzene rings is 1. The predicted octanol–water partition coefficient (Wildman–Crippen LogP) is 3.10. The Morgan fingerprint density at radius 1 is 0.955 bits per heavy atom. The van der Waals surface area contributed by atoms with Crippen molar-refractivity contribution in [2.75, 3.05) is 30.3 Å². The highest BCUT2D eigenvalue weighted by atomic mass is 16.2. The van der Waals surface area contributed by atoms with Crippen LogP contribution < -0.4 is 10.6 Å². The van der Waals surface area contributed by atoms with Crippen LogP contribution in [-0.2, 0) is 9.59 Å². The lowest BCUT2D eigenvalue weighted by molar-refractivity contribution is -0.117. The molecule has 0 aliphatic heterocycles. The van der Waals surface area contributed by atoms with Crippen molar-refractivity contribution in [2.24, 2.45) is 0 Å². The van der Waals surface area contributed by atoms with Crippen LogP contribution in [0, 0.1) is 0 Å². The summed E-state index contributed by atoms with van der Waals surface area (Å²) in [6.07, 6.45) is 2.50. The van der Waals surface area contributed by atoms with Crippen LogP contribution in [0.25, 0.3) is 0 Å². The number of hydrogen-bond acceptors (Lipinski definition) is 3. The smallest absolute Gasteiger partial charge is 0.238 e. The molecule has 2 N–H and O–H groups in total. The molecule has 0 aliphatic rings. The molecule has 0 saturated heterocycles. The monoisotopic (exact) mass is 305 g/mol. The highest BCUT2D eigenvalue weighted by molar-refractivity contribution is 5.94. The summed E-state index contributed by atoms with van der Waals surface area (Å²) in [5, 5.41) is 5.67. The van der Waals surface area contributed by atoms with E-state index in [1.807, 2.05) is 18.2 Å². The Bertz CT molecular complexity index is 483. The van der Waals surface area contributed by atoms with Crippen molar-refractivity contribution in [1.29, 1.82) is 0 Å². The fourth-order valence-electron chi connectivity index (χ4n) is 2.23. The Morgan fingerprint density at radius 2 is 1.50 bits per heavy atom. The highest BCUT2D eigenvalue weighted by Crippen LogP contribution is 2.15. The molecule has 0 radical (unpaired) electrons. The van der Waals surface area contributed by atoms with E-state index < -0.39 is 0 Å². The van der Waals surface area contributed by atoms with E-state index in [0.29, 0.717) is 24.3 Å². The minimum atomic E-state index is -0.0412. The van der Waals surface area contributed by atoms with Crippen LogP contribution in [0.5, 0.6) is 0 Å². The molecule has 0 aliphatic carbocycles. The predicted molar refractivity (Wildman–Crippen MR) is 91.0 cm³/mol. The number of anilines is 2. The van der Waals surface area contributed by atoms with Crippen LogP contribution in [0.15, 0.2) is 24.3 Å². The summed E-state index contributed by atoms with van der Waals surface area (Å²) >= 11 is 0. The number of rotatable bonds is 9. The summed E-state index contributed by atoms with van der Waals surface area (Å²) in [6, 6.07) is 7.22. The lowest BCUT2D eigenvalue weighted by Gasteiger charge is -2.20. The van der Waals surface area contributed by atoms with Crippen LogP contribution in [0.2, 0.25) is 0 Å². The van der Waals surface area contributed by atoms with Gasteiger partial charge in [-0.25, -0.2) is 0 Å². The Hall–Kier alpha value is -1.88. The summed E-state index contributed by atoms with van der Waals surface area (Å²) in [4.78, 5) is 25.7. The van der Waals surface area contributed by atoms with Crippen molar-refractivity contribution in [3.8, 4) is 0 Å². The minimum Gasteiger partial charge on any atom is -0.326 e. The van der Waals surface area contributed by atoms with Crippen LogP contribution in [0.1, 0.15) is 40.0 Å². The van der Waals surface area contributed by atoms with Crippen molar-refractivity contribution in [2.45, 2.75) is 40.0 Å². The van der Waals surface area contributed by atoms with E-state index >= 15 is 0 Å². The maximum atomic E-state index is 12.1. The number of carbonyl (C=O) groups is 2. The molecule has 0 saturated carbocycles. The molecule has 1 aromatic carbocycles. The molecule has 0 heterocycles. The standard InChI is InChI=1S/C17H27N3O2/c1-4-10-20(11-5-2)13-17(22)19-15-9-7-8-14(12-15)18-16(21)6-3/h7-9,12H,4-6,10-11,13H2,1-3H3,(H,18,21)(H,19,22). The molecule has 2 amide bonds. The average molecular weight is 305 g/mol. The van der Waals surface area contributed by atoms with Crippen molar-refractivity contribution in [1.82, 2.24) is 4.90 Å². The van der Waals surface area contributed by atoms with Gasteiger partial charge in [-0.05, 0) is 44.1 Å². The van der Waals surface area contributed by atoms with E-state index in [1.165, 1.54) is 0 Å². The molecular formula is C17H27N3O2. The number of nitrogens with one attached hydrogen (secondary N) is 2. The lowest BCUT2D eigenvalue weighted by Crippen LogP contribution is -2.34. The molecule has 0 bridgehead atoms. The topological polar surface area (TPSA) is 61.4 Å². The second kappa shape index (κ2) is 9.95. The lowest BCUT2D eigenvalue weighted by atomic mass is 10.2. The third-order valence-corrected chi connectivity index (χ3v) is 3.20. The minimum absolute atomic E-state index is 0.0270. The number of nitrogens with zero attached hydrogens (tertiary/aromatic N) is 1. The van der Waals surface area contributed by atoms with E-state index in [2.05, 4.69) is 29.4 Å². The summed E-state index contributed by atoms with van der Waals surface area (Å²) in [7, 11) is 0. The maximum Gasteiger partial charge on any atom is 0.238 e. The fourth-order valence-corrected chi connectivity index (χ4v) is 2.23. The Balaban J connectivity index is 2.59. The van der Waals surface area contributed by atoms with Gasteiger partial charge >= 0.3 is 0 Å². The Kier molecular flexibility index (Phi) is 8.22. The van der Waals surface area contributed by atoms with E-state index in [1.54, 1.807) is 13.0 Å². The van der Waals surface area contributed by atoms with Crippen molar-refractivity contribution in [3.05, 3.63) is 24.3 Å². The zero-order valence-electron chi connectivity index (χ0n) is 13.8. The fraction of sp³-hybridized carbons (Fsp3) is 0.529. The Labute approximate surface area is 133 Å². The quantitative estimate of drug-likeness (QED) is 0.737. The van der Waals surface area contributed by atoms with E-state index in [-0.39, 0.29) is 11.8 Å². The molecule has 122 valence electrons. The van der Waals surface area contributed by atoms with Crippen LogP contribution in [0.3, 0.4) is 0 Å². The van der Waals surface area contributed by atoms with E-state index in [4.69, 9.17) is 0 Å². The van der Waals surface area contributed by atoms with Gasteiger partial charge < -0.3 is 10.6 Å². The first-order valence-electron chi connectivity index (χ1n) is 8.01. The molecule has 5 nitrogen and oxygen atoms in total. The van der Waals surface area contributed by atoms with Gasteiger partial charge in [0, 0.05) is 17.8 Å². The molecule has 0 aromatic heterocycles. The van der Waals surface area contributed by atoms with Gasteiger partial charge in [0.1, 0.15) is 0 Å². The molecular weight excluding hydrogens is 278 g/mol. The van der Waals surface area contributed by atoms with Gasteiger partial charge in [0.2, 0.25) is 11.8 Å². The van der Waals surface area contributed by atoms with Crippen molar-refractivity contribution < 1.29 is 9.59 Å². The largest absolute Gasteiger partial charge is 0.326 e. The summed E-state index contributed by atoms with van der Waals surface area (Å²) < 4.78 is 0. The molecule has 0 spiro atoms. The SMILES string of the molecule is CCCN(CCC)CC(=O)Nc1cccc(NC(=O)CC)c1. The zero-order valence-corrected chi connectivity index (χ0v) is 13.8. The average Bonchev–Trinajstić information content (AvgIpc) is 2.47. The molecule has 22 heavy (non-hydrogen) atoms. The Morgan fingerprint density at radius 3 is 2.00 bits per heavy atom. The second-order valence-corrected chi connectivity index (χ2v) is 5.31. The zero-order chi connectivity index (χ0) is 16.4. The van der Waals surface area contributed by atoms with Gasteiger partial charge in [-0.3, -0.25) is 14.5 Å². The summed E-state index contributed by atoms with van der Waals surface area (Å²) in [6.45, 7) is 8.27. The number of carbonyl (C=O) groups excluding carboxylic acids is 2. The van der Waals surface area contributed by atoms with E-state index in [0.717, 1.165) is 25.9 Å². The van der Waals surface area contributed by atoms with Gasteiger partial charge in [0.15, 0.2) is 0 Å². The van der Waals surface area contributed by atoms with Gasteiger partial charge in [-0.2, -0.15) is 0 Å². The highest BCUT2D eigenvalue weighted by Gasteiger charge is 2.09. The third kappa shape index (κ3) is 6.72. The molecule has 5 heteroatoms. The number of amides is 2. The first kappa shape index (κ1) is 18.2. The molecule has 0 unspecified atom stereocenters. The summed E-state index contributed by atoms with van der Waals surface area (Å²) in [5.74, 6) is -0.0681. The first-order chi connectivity index (χ1) is 10.6. The molecule has 0 fully saturated rings. The van der Waals surface area contributed by atoms with Gasteiger partial charge in [0.05, 0.1) is 6.54 Å². The number of hydrogen-bond donors (Lipinski definition) is 2.